The Kier molecular flexibility index (Phi) is 6.64. The lowest BCUT2D eigenvalue weighted by Gasteiger charge is -2.13. The number of ether oxygens (including phenoxy) is 2. The molecule has 0 bridgehead atoms. The van der Waals surface area contributed by atoms with Crippen molar-refractivity contribution in [3.63, 3.8) is 0 Å². The highest BCUT2D eigenvalue weighted by atomic mass is 16.5. The van der Waals surface area contributed by atoms with Crippen LogP contribution in [-0.2, 0) is 25.6 Å². The molecule has 0 saturated carbocycles. The third-order valence-corrected chi connectivity index (χ3v) is 3.48. The van der Waals surface area contributed by atoms with E-state index in [4.69, 9.17) is 9.47 Å². The molecule has 0 radical (unpaired) electrons. The Labute approximate surface area is 144 Å². The molecule has 25 heavy (non-hydrogen) atoms. The Hall–Kier alpha value is -2.74. The first kappa shape index (κ1) is 18.6. The highest BCUT2D eigenvalue weighted by Gasteiger charge is 2.11. The van der Waals surface area contributed by atoms with Crippen LogP contribution >= 0.6 is 0 Å². The number of amides is 1. The van der Waals surface area contributed by atoms with E-state index in [0.717, 1.165) is 0 Å². The molecule has 1 heterocycles. The molecule has 1 atom stereocenters. The fourth-order valence-electron chi connectivity index (χ4n) is 2.36. The van der Waals surface area contributed by atoms with Crippen molar-refractivity contribution >= 4 is 22.8 Å². The second-order valence-corrected chi connectivity index (χ2v) is 5.58. The van der Waals surface area contributed by atoms with Crippen LogP contribution in [0, 0.1) is 0 Å². The van der Waals surface area contributed by atoms with Crippen molar-refractivity contribution < 1.29 is 19.1 Å². The topological polar surface area (TPSA) is 99.5 Å². The number of esters is 1. The van der Waals surface area contributed by atoms with Gasteiger partial charge in [0.05, 0.1) is 31.3 Å². The maximum atomic E-state index is 11.8. The molecule has 1 unspecified atom stereocenters. The van der Waals surface area contributed by atoms with Crippen molar-refractivity contribution in [2.45, 2.75) is 25.9 Å². The van der Waals surface area contributed by atoms with Crippen molar-refractivity contribution in [1.82, 2.24) is 15.1 Å². The maximum absolute atomic E-state index is 11.8. The monoisotopic (exact) mass is 347 g/mol. The van der Waals surface area contributed by atoms with Gasteiger partial charge in [-0.25, -0.2) is 0 Å². The molecule has 0 saturated heterocycles. The predicted octanol–water partition coefficient (Wildman–Crippen LogP) is 0.481. The number of hydrogen-bond acceptors (Lipinski definition) is 6. The summed E-state index contributed by atoms with van der Waals surface area (Å²) in [5.41, 5.74) is 0.477. The Balaban J connectivity index is 1.86. The van der Waals surface area contributed by atoms with E-state index in [1.807, 2.05) is 0 Å². The number of nitrogens with one attached hydrogen (secondary N) is 1. The van der Waals surface area contributed by atoms with Crippen LogP contribution in [0.3, 0.4) is 0 Å². The lowest BCUT2D eigenvalue weighted by atomic mass is 10.2. The summed E-state index contributed by atoms with van der Waals surface area (Å²) < 4.78 is 11.4. The van der Waals surface area contributed by atoms with Crippen LogP contribution in [0.25, 0.3) is 10.9 Å². The van der Waals surface area contributed by atoms with Crippen molar-refractivity contribution in [3.8, 4) is 0 Å². The minimum Gasteiger partial charge on any atom is -0.456 e. The van der Waals surface area contributed by atoms with Crippen molar-refractivity contribution in [3.05, 3.63) is 40.7 Å². The standard InChI is InChI=1S/C17H21N3O5/c1-12(10-24-2)19-16(22)11-25-17(23)7-8-20-14-6-4-3-5-13(14)15(21)9-18-20/h3-6,9,12H,7-8,10-11H2,1-2H3,(H,19,22). The summed E-state index contributed by atoms with van der Waals surface area (Å²) in [6, 6.07) is 6.88. The van der Waals surface area contributed by atoms with E-state index in [2.05, 4.69) is 10.4 Å². The van der Waals surface area contributed by atoms with Gasteiger partial charge in [-0.15, -0.1) is 0 Å². The fraction of sp³-hybridized carbons (Fsp3) is 0.412. The van der Waals surface area contributed by atoms with Crippen LogP contribution in [0.1, 0.15) is 13.3 Å². The Morgan fingerprint density at radius 1 is 1.32 bits per heavy atom. The molecule has 2 rings (SSSR count). The molecule has 0 spiro atoms. The molecular formula is C17H21N3O5. The zero-order valence-corrected chi connectivity index (χ0v) is 14.2. The summed E-state index contributed by atoms with van der Waals surface area (Å²) in [5.74, 6) is -0.899. The molecule has 2 aromatic rings. The molecule has 8 heteroatoms. The molecule has 0 fully saturated rings. The number of benzene rings is 1. The van der Waals surface area contributed by atoms with E-state index >= 15 is 0 Å². The number of aryl methyl sites for hydroxylation is 1. The Bertz CT molecular complexity index is 802. The smallest absolute Gasteiger partial charge is 0.308 e. The van der Waals surface area contributed by atoms with Gasteiger partial charge in [-0.3, -0.25) is 19.1 Å². The number of para-hydroxylation sites is 1. The predicted molar refractivity (Wildman–Crippen MR) is 91.1 cm³/mol. The summed E-state index contributed by atoms with van der Waals surface area (Å²) in [4.78, 5) is 35.2. The van der Waals surface area contributed by atoms with Crippen LogP contribution in [0.4, 0.5) is 0 Å². The second-order valence-electron chi connectivity index (χ2n) is 5.58. The first-order valence-electron chi connectivity index (χ1n) is 7.90. The number of methoxy groups -OCH3 is 1. The van der Waals surface area contributed by atoms with Crippen molar-refractivity contribution in [1.29, 1.82) is 0 Å². The maximum Gasteiger partial charge on any atom is 0.308 e. The average Bonchev–Trinajstić information content (AvgIpc) is 2.60. The van der Waals surface area contributed by atoms with Gasteiger partial charge in [-0.05, 0) is 19.1 Å². The van der Waals surface area contributed by atoms with Gasteiger partial charge in [-0.2, -0.15) is 5.10 Å². The number of aromatic nitrogens is 2. The number of fused-ring (bicyclic) bond motifs is 1. The molecule has 0 aliphatic heterocycles. The third-order valence-electron chi connectivity index (χ3n) is 3.48. The minimum absolute atomic E-state index is 0.0424. The number of carbonyl (C=O) groups is 2. The van der Waals surface area contributed by atoms with Crippen LogP contribution in [-0.4, -0.2) is 48.0 Å². The fourth-order valence-corrected chi connectivity index (χ4v) is 2.36. The first-order valence-corrected chi connectivity index (χ1v) is 7.90. The van der Waals surface area contributed by atoms with Gasteiger partial charge >= 0.3 is 5.97 Å². The highest BCUT2D eigenvalue weighted by molar-refractivity contribution is 5.81. The molecule has 1 N–H and O–H groups in total. The van der Waals surface area contributed by atoms with Crippen LogP contribution in [0.5, 0.6) is 0 Å². The van der Waals surface area contributed by atoms with E-state index in [9.17, 15) is 14.4 Å². The Morgan fingerprint density at radius 3 is 2.84 bits per heavy atom. The van der Waals surface area contributed by atoms with Gasteiger partial charge < -0.3 is 14.8 Å². The molecule has 1 aromatic heterocycles. The Morgan fingerprint density at radius 2 is 2.08 bits per heavy atom. The van der Waals surface area contributed by atoms with E-state index in [1.54, 1.807) is 35.9 Å². The number of hydrogen-bond donors (Lipinski definition) is 1. The van der Waals surface area contributed by atoms with E-state index < -0.39 is 5.97 Å². The quantitative estimate of drug-likeness (QED) is 0.697. The zero-order valence-electron chi connectivity index (χ0n) is 14.2. The second kappa shape index (κ2) is 8.93. The van der Waals surface area contributed by atoms with Gasteiger partial charge in [0.25, 0.3) is 5.91 Å². The zero-order chi connectivity index (χ0) is 18.2. The molecule has 8 nitrogen and oxygen atoms in total. The molecular weight excluding hydrogens is 326 g/mol. The van der Waals surface area contributed by atoms with Crippen molar-refractivity contribution in [2.75, 3.05) is 20.3 Å². The SMILES string of the molecule is COCC(C)NC(=O)COC(=O)CCn1ncc(=O)c2ccccc21. The number of rotatable bonds is 8. The van der Waals surface area contributed by atoms with Gasteiger partial charge in [0.2, 0.25) is 5.43 Å². The minimum atomic E-state index is -0.515. The summed E-state index contributed by atoms with van der Waals surface area (Å²) in [6.45, 7) is 2.08. The van der Waals surface area contributed by atoms with Crippen LogP contribution < -0.4 is 10.7 Å². The molecule has 1 aromatic carbocycles. The number of nitrogens with zero attached hydrogens (tertiary/aromatic N) is 2. The summed E-state index contributed by atoms with van der Waals surface area (Å²) in [5, 5.41) is 7.22. The lowest BCUT2D eigenvalue weighted by Crippen LogP contribution is -2.38. The largest absolute Gasteiger partial charge is 0.456 e. The normalized spacial score (nSPS) is 11.9. The summed E-state index contributed by atoms with van der Waals surface area (Å²) >= 11 is 0. The highest BCUT2D eigenvalue weighted by Crippen LogP contribution is 2.08. The van der Waals surface area contributed by atoms with E-state index in [-0.39, 0.29) is 37.0 Å². The molecule has 0 aliphatic carbocycles. The summed E-state index contributed by atoms with van der Waals surface area (Å²) in [7, 11) is 1.54. The average molecular weight is 347 g/mol. The lowest BCUT2D eigenvalue weighted by molar-refractivity contribution is -0.149. The van der Waals surface area contributed by atoms with Gasteiger partial charge in [0.15, 0.2) is 6.61 Å². The number of carbonyl (C=O) groups excluding carboxylic acids is 2. The summed E-state index contributed by atoms with van der Waals surface area (Å²) in [6.07, 6.45) is 1.26. The van der Waals surface area contributed by atoms with Crippen LogP contribution in [0.2, 0.25) is 0 Å². The third kappa shape index (κ3) is 5.39. The van der Waals surface area contributed by atoms with Gasteiger partial charge in [-0.1, -0.05) is 12.1 Å². The van der Waals surface area contributed by atoms with E-state index in [0.29, 0.717) is 17.5 Å². The van der Waals surface area contributed by atoms with Crippen molar-refractivity contribution in [2.24, 2.45) is 0 Å². The van der Waals surface area contributed by atoms with Crippen LogP contribution in [0.15, 0.2) is 35.3 Å². The first-order chi connectivity index (χ1) is 12.0. The molecule has 134 valence electrons. The molecule has 0 aliphatic rings. The molecule has 1 amide bonds. The van der Waals surface area contributed by atoms with Gasteiger partial charge in [0, 0.05) is 18.5 Å². The van der Waals surface area contributed by atoms with E-state index in [1.165, 1.54) is 13.3 Å². The van der Waals surface area contributed by atoms with Gasteiger partial charge in [0.1, 0.15) is 0 Å².